The maximum Gasteiger partial charge on any atom is 0.197 e. The van der Waals surface area contributed by atoms with Gasteiger partial charge in [-0.25, -0.2) is 4.39 Å². The smallest absolute Gasteiger partial charge is 0.197 e. The van der Waals surface area contributed by atoms with Crippen molar-refractivity contribution in [3.63, 3.8) is 0 Å². The first kappa shape index (κ1) is 28.7. The molecule has 2 aliphatic rings. The molecule has 0 aliphatic carbocycles. The highest BCUT2D eigenvalue weighted by Crippen LogP contribution is 2.42. The van der Waals surface area contributed by atoms with Gasteiger partial charge in [0.2, 0.25) is 0 Å². The number of nitrogens with zero attached hydrogens (tertiary/aromatic N) is 2. The number of rotatable bonds is 7. The van der Waals surface area contributed by atoms with Crippen molar-refractivity contribution in [2.24, 2.45) is 0 Å². The molecule has 0 aromatic heterocycles. The van der Waals surface area contributed by atoms with Gasteiger partial charge in [0.1, 0.15) is 11.6 Å². The average molecular weight is 580 g/mol. The zero-order valence-electron chi connectivity index (χ0n) is 22.1. The molecule has 1 unspecified atom stereocenters. The molecule has 2 aromatic carbocycles. The topological polar surface area (TPSA) is 95.3 Å². The van der Waals surface area contributed by atoms with Crippen LogP contribution in [0.15, 0.2) is 18.2 Å². The van der Waals surface area contributed by atoms with Gasteiger partial charge in [-0.05, 0) is 35.6 Å². The van der Waals surface area contributed by atoms with Crippen LogP contribution < -0.4 is 19.1 Å². The molecule has 202 valence electrons. The number of nitrogens with one attached hydrogen (secondary N) is 1. The molecule has 0 amide bonds. The van der Waals surface area contributed by atoms with Crippen molar-refractivity contribution < 1.29 is 28.5 Å². The van der Waals surface area contributed by atoms with Crippen molar-refractivity contribution in [1.29, 1.82) is 5.41 Å². The lowest BCUT2D eigenvalue weighted by atomic mass is 9.84. The number of halogens is 2. The molecular weight excluding hydrogens is 545 g/mol. The van der Waals surface area contributed by atoms with Crippen LogP contribution in [-0.2, 0) is 12.0 Å². The highest BCUT2D eigenvalue weighted by Gasteiger charge is 2.34. The Morgan fingerprint density at radius 3 is 2.35 bits per heavy atom. The van der Waals surface area contributed by atoms with Gasteiger partial charge >= 0.3 is 0 Å². The first-order chi connectivity index (χ1) is 17.0. The molecular formula is C27H35BrFN3O5. The highest BCUT2D eigenvalue weighted by molar-refractivity contribution is 8.93. The minimum atomic E-state index is -0.666. The van der Waals surface area contributed by atoms with Gasteiger partial charge < -0.3 is 29.1 Å². The number of amidine groups is 1. The van der Waals surface area contributed by atoms with E-state index >= 15 is 4.39 Å². The van der Waals surface area contributed by atoms with Crippen LogP contribution in [0.2, 0.25) is 0 Å². The van der Waals surface area contributed by atoms with Crippen molar-refractivity contribution in [3.05, 3.63) is 46.3 Å². The van der Waals surface area contributed by atoms with Crippen molar-refractivity contribution in [3.8, 4) is 17.2 Å². The molecule has 2 aromatic rings. The maximum atomic E-state index is 15.1. The summed E-state index contributed by atoms with van der Waals surface area (Å²) in [7, 11) is 4.39. The van der Waals surface area contributed by atoms with Crippen molar-refractivity contribution in [2.45, 2.75) is 45.3 Å². The largest absolute Gasteiger partial charge is 0.494 e. The van der Waals surface area contributed by atoms with E-state index in [1.165, 1.54) is 14.2 Å². The zero-order chi connectivity index (χ0) is 26.4. The van der Waals surface area contributed by atoms with E-state index in [0.717, 1.165) is 11.3 Å². The molecule has 37 heavy (non-hydrogen) atoms. The Morgan fingerprint density at radius 2 is 1.81 bits per heavy atom. The van der Waals surface area contributed by atoms with Gasteiger partial charge in [-0.3, -0.25) is 10.2 Å². The van der Waals surface area contributed by atoms with E-state index in [-0.39, 0.29) is 64.2 Å². The number of methoxy groups -OCH3 is 3. The average Bonchev–Trinajstić information content (AvgIpc) is 3.40. The Morgan fingerprint density at radius 1 is 1.14 bits per heavy atom. The molecule has 1 atom stereocenters. The van der Waals surface area contributed by atoms with Gasteiger partial charge in [0, 0.05) is 30.8 Å². The molecule has 0 radical (unpaired) electrons. The number of ketones is 1. The quantitative estimate of drug-likeness (QED) is 0.471. The second-order valence-corrected chi connectivity index (χ2v) is 10.3. The van der Waals surface area contributed by atoms with E-state index in [9.17, 15) is 9.90 Å². The molecule has 8 nitrogen and oxygen atoms in total. The molecule has 1 fully saturated rings. The lowest BCUT2D eigenvalue weighted by Gasteiger charge is -2.29. The fourth-order valence-corrected chi connectivity index (χ4v) is 4.97. The van der Waals surface area contributed by atoms with Crippen LogP contribution in [0.4, 0.5) is 10.1 Å². The second kappa shape index (κ2) is 10.9. The maximum absolute atomic E-state index is 15.1. The fraction of sp³-hybridized carbons (Fsp3) is 0.481. The third kappa shape index (κ3) is 5.27. The molecule has 2 heterocycles. The first-order valence-electron chi connectivity index (χ1n) is 12.0. The third-order valence-electron chi connectivity index (χ3n) is 6.85. The van der Waals surface area contributed by atoms with Crippen LogP contribution in [0.5, 0.6) is 17.2 Å². The Hall–Kier alpha value is -2.85. The number of hydrogen-bond donors (Lipinski definition) is 2. The number of aliphatic hydroxyl groups excluding tert-OH is 1. The zero-order valence-corrected chi connectivity index (χ0v) is 23.8. The third-order valence-corrected chi connectivity index (χ3v) is 6.85. The normalized spacial score (nSPS) is 17.0. The molecule has 4 rings (SSSR count). The second-order valence-electron chi connectivity index (χ2n) is 10.3. The van der Waals surface area contributed by atoms with Crippen LogP contribution in [0.1, 0.15) is 54.2 Å². The lowest BCUT2D eigenvalue weighted by Crippen LogP contribution is -2.31. The number of benzene rings is 2. The number of Topliss-reactive ketones (excluding diaryl/α,β-unsaturated/α-hetero) is 1. The summed E-state index contributed by atoms with van der Waals surface area (Å²) in [4.78, 5) is 17.1. The van der Waals surface area contributed by atoms with E-state index in [4.69, 9.17) is 19.6 Å². The number of anilines is 1. The summed E-state index contributed by atoms with van der Waals surface area (Å²) in [5.41, 5.74) is 2.52. The van der Waals surface area contributed by atoms with Crippen LogP contribution in [0, 0.1) is 11.2 Å². The van der Waals surface area contributed by atoms with Gasteiger partial charge in [0.15, 0.2) is 23.1 Å². The van der Waals surface area contributed by atoms with E-state index < -0.39 is 11.9 Å². The van der Waals surface area contributed by atoms with Gasteiger partial charge in [-0.15, -0.1) is 17.0 Å². The Bertz CT molecular complexity index is 1210. The molecule has 0 bridgehead atoms. The van der Waals surface area contributed by atoms with Gasteiger partial charge in [-0.2, -0.15) is 0 Å². The molecule has 2 N–H and O–H groups in total. The Balaban J connectivity index is 0.00000380. The van der Waals surface area contributed by atoms with E-state index in [0.29, 0.717) is 36.4 Å². The summed E-state index contributed by atoms with van der Waals surface area (Å²) in [5.74, 6) is -0.0455. The van der Waals surface area contributed by atoms with Gasteiger partial charge in [0.25, 0.3) is 0 Å². The fourth-order valence-electron chi connectivity index (χ4n) is 4.97. The summed E-state index contributed by atoms with van der Waals surface area (Å²) in [5, 5.41) is 18.7. The minimum absolute atomic E-state index is 0. The van der Waals surface area contributed by atoms with Crippen LogP contribution in [0.3, 0.4) is 0 Å². The SMILES string of the molecule is Br.COc1cc2c(c(F)c1OC)C(=N)N(CC(=O)c1cc(N3CCC(O)C3)c(OC)c(C(C)(C)C)c1)C2. The Kier molecular flexibility index (Phi) is 8.44. The number of aliphatic hydroxyl groups is 1. The number of hydrogen-bond acceptors (Lipinski definition) is 7. The van der Waals surface area contributed by atoms with E-state index in [2.05, 4.69) is 20.8 Å². The molecule has 1 saturated heterocycles. The molecule has 0 spiro atoms. The summed E-state index contributed by atoms with van der Waals surface area (Å²) in [6, 6.07) is 5.29. The Labute approximate surface area is 227 Å². The number of ether oxygens (including phenoxy) is 3. The lowest BCUT2D eigenvalue weighted by molar-refractivity contribution is 0.0962. The predicted molar refractivity (Wildman–Crippen MR) is 146 cm³/mol. The number of fused-ring (bicyclic) bond motifs is 1. The van der Waals surface area contributed by atoms with Crippen LogP contribution in [0.25, 0.3) is 0 Å². The summed E-state index contributed by atoms with van der Waals surface area (Å²) in [6.07, 6.45) is 0.216. The van der Waals surface area contributed by atoms with Crippen LogP contribution in [-0.4, -0.2) is 68.7 Å². The molecule has 2 aliphatic heterocycles. The van der Waals surface area contributed by atoms with Crippen molar-refractivity contribution in [1.82, 2.24) is 4.90 Å². The first-order valence-corrected chi connectivity index (χ1v) is 12.0. The van der Waals surface area contributed by atoms with Gasteiger partial charge in [-0.1, -0.05) is 20.8 Å². The number of β-amino-alcohol motifs (C(OH)–C–C–N with tert-alkyl or cyclic N) is 1. The molecule has 10 heteroatoms. The van der Waals surface area contributed by atoms with Gasteiger partial charge in [0.05, 0.1) is 45.2 Å². The van der Waals surface area contributed by atoms with Crippen LogP contribution >= 0.6 is 17.0 Å². The standard InChI is InChI=1S/C27H34FN3O5.BrH/c1-27(2,3)18-9-15(10-19(24(18)35-5)30-8-7-17(32)13-30)20(33)14-31-12-16-11-21(34-4)25(36-6)23(28)22(16)26(31)29;/h9-11,17,29,32H,7-8,12-14H2,1-6H3;1H. The monoisotopic (exact) mass is 579 g/mol. The number of carbonyl (C=O) groups excluding carboxylic acids is 1. The van der Waals surface area contributed by atoms with E-state index in [1.807, 2.05) is 11.0 Å². The van der Waals surface area contributed by atoms with Crippen molar-refractivity contribution >= 4 is 34.3 Å². The van der Waals surface area contributed by atoms with E-state index in [1.54, 1.807) is 24.1 Å². The summed E-state index contributed by atoms with van der Waals surface area (Å²) < 4.78 is 31.3. The highest BCUT2D eigenvalue weighted by atomic mass is 79.9. The summed E-state index contributed by atoms with van der Waals surface area (Å²) in [6.45, 7) is 7.41. The summed E-state index contributed by atoms with van der Waals surface area (Å²) >= 11 is 0. The van der Waals surface area contributed by atoms with Crippen molar-refractivity contribution in [2.75, 3.05) is 45.9 Å². The predicted octanol–water partition coefficient (Wildman–Crippen LogP) is 4.32. The molecule has 0 saturated carbocycles. The number of carbonyl (C=O) groups is 1. The minimum Gasteiger partial charge on any atom is -0.494 e.